The Morgan fingerprint density at radius 3 is 2.49 bits per heavy atom. The third-order valence-corrected chi connectivity index (χ3v) is 7.53. The standard InChI is InChI=1S/C26H24F3N9O4S/c1-14-9-10-37-20(14)25(39)38(17-7-5-4-6-8-17)23(35-37)15(2)34-22-19(21(30)32-13-33-22)16-11-18(24(42-3)31-12-16)36-43(40,41)26(27,28)29/h4-13,15,36H,1-3H3,(H3,30,32,33,34). The number of rotatable bonds is 8. The number of para-hydroxylation sites is 1. The van der Waals surface area contributed by atoms with E-state index in [9.17, 15) is 26.4 Å². The molecule has 4 aromatic heterocycles. The van der Waals surface area contributed by atoms with Gasteiger partial charge in [-0.05, 0) is 43.7 Å². The van der Waals surface area contributed by atoms with Crippen LogP contribution in [-0.4, -0.2) is 50.2 Å². The number of nitrogen functional groups attached to an aromatic ring is 1. The summed E-state index contributed by atoms with van der Waals surface area (Å²) in [6.45, 7) is 3.53. The molecule has 17 heteroatoms. The fourth-order valence-electron chi connectivity index (χ4n) is 4.43. The van der Waals surface area contributed by atoms with Gasteiger partial charge in [0.15, 0.2) is 5.82 Å². The zero-order valence-electron chi connectivity index (χ0n) is 22.8. The third-order valence-electron chi connectivity index (χ3n) is 6.43. The van der Waals surface area contributed by atoms with Gasteiger partial charge in [0.2, 0.25) is 5.88 Å². The van der Waals surface area contributed by atoms with Crippen LogP contribution in [0, 0.1) is 6.92 Å². The minimum Gasteiger partial charge on any atom is -0.480 e. The normalized spacial score (nSPS) is 12.7. The Labute approximate surface area is 242 Å². The lowest BCUT2D eigenvalue weighted by molar-refractivity contribution is -0.0429. The van der Waals surface area contributed by atoms with E-state index in [1.165, 1.54) is 20.0 Å². The molecule has 0 aliphatic heterocycles. The van der Waals surface area contributed by atoms with Crippen molar-refractivity contribution in [1.29, 1.82) is 0 Å². The molecule has 0 spiro atoms. The summed E-state index contributed by atoms with van der Waals surface area (Å²) in [5.41, 5.74) is 1.54. The SMILES string of the molecule is COc1ncc(-c2c(N)ncnc2NC(C)c2nn3ccc(C)c3c(=O)n2-c2ccccc2)cc1NS(=O)(=O)C(F)(F)F. The molecule has 43 heavy (non-hydrogen) atoms. The first-order valence-electron chi connectivity index (χ1n) is 12.5. The molecule has 0 saturated carbocycles. The predicted molar refractivity (Wildman–Crippen MR) is 152 cm³/mol. The predicted octanol–water partition coefficient (Wildman–Crippen LogP) is 3.67. The van der Waals surface area contributed by atoms with Crippen LogP contribution in [0.4, 0.5) is 30.5 Å². The molecule has 1 aromatic carbocycles. The largest absolute Gasteiger partial charge is 0.516 e. The maximum Gasteiger partial charge on any atom is 0.516 e. The van der Waals surface area contributed by atoms with E-state index in [2.05, 4.69) is 25.4 Å². The quantitative estimate of drug-likeness (QED) is 0.234. The molecule has 1 unspecified atom stereocenters. The van der Waals surface area contributed by atoms with E-state index >= 15 is 0 Å². The molecule has 5 rings (SSSR count). The minimum absolute atomic E-state index is 0.0679. The number of sulfonamides is 1. The maximum absolute atomic E-state index is 13.7. The highest BCUT2D eigenvalue weighted by Crippen LogP contribution is 2.37. The Kier molecular flexibility index (Phi) is 7.43. The van der Waals surface area contributed by atoms with Crippen molar-refractivity contribution < 1.29 is 26.3 Å². The van der Waals surface area contributed by atoms with Crippen LogP contribution in [0.15, 0.2) is 66.0 Å². The number of nitrogens with zero attached hydrogens (tertiary/aromatic N) is 6. The van der Waals surface area contributed by atoms with Crippen molar-refractivity contribution in [2.75, 3.05) is 22.9 Å². The van der Waals surface area contributed by atoms with Crippen LogP contribution in [0.1, 0.15) is 24.4 Å². The number of anilines is 3. The summed E-state index contributed by atoms with van der Waals surface area (Å²) < 4.78 is 72.3. The Balaban J connectivity index is 1.61. The van der Waals surface area contributed by atoms with Crippen LogP contribution in [0.25, 0.3) is 22.3 Å². The molecular formula is C26H24F3N9O4S. The van der Waals surface area contributed by atoms with Crippen LogP contribution in [0.2, 0.25) is 0 Å². The second-order valence-electron chi connectivity index (χ2n) is 9.31. The number of fused-ring (bicyclic) bond motifs is 1. The van der Waals surface area contributed by atoms with E-state index in [1.54, 1.807) is 50.4 Å². The van der Waals surface area contributed by atoms with Gasteiger partial charge < -0.3 is 15.8 Å². The van der Waals surface area contributed by atoms with E-state index in [0.29, 0.717) is 17.0 Å². The van der Waals surface area contributed by atoms with Gasteiger partial charge in [-0.25, -0.2) is 19.5 Å². The van der Waals surface area contributed by atoms with Crippen LogP contribution < -0.4 is 26.1 Å². The molecule has 1 atom stereocenters. The Morgan fingerprint density at radius 2 is 1.81 bits per heavy atom. The first-order chi connectivity index (χ1) is 20.3. The van der Waals surface area contributed by atoms with Gasteiger partial charge in [-0.15, -0.1) is 0 Å². The number of methoxy groups -OCH3 is 1. The summed E-state index contributed by atoms with van der Waals surface area (Å²) in [7, 11) is -4.68. The molecule has 4 heterocycles. The second-order valence-corrected chi connectivity index (χ2v) is 11.0. The number of benzene rings is 1. The Hall–Kier alpha value is -5.19. The van der Waals surface area contributed by atoms with E-state index in [0.717, 1.165) is 25.1 Å². The molecule has 0 radical (unpaired) electrons. The second kappa shape index (κ2) is 10.9. The maximum atomic E-state index is 13.7. The summed E-state index contributed by atoms with van der Waals surface area (Å²) in [6.07, 6.45) is 4.04. The lowest BCUT2D eigenvalue weighted by atomic mass is 10.1. The van der Waals surface area contributed by atoms with Crippen molar-refractivity contribution in [2.24, 2.45) is 0 Å². The number of ether oxygens (including phenoxy) is 1. The first kappa shape index (κ1) is 29.3. The van der Waals surface area contributed by atoms with Gasteiger partial charge in [0, 0.05) is 18.0 Å². The van der Waals surface area contributed by atoms with Gasteiger partial charge in [-0.3, -0.25) is 14.1 Å². The van der Waals surface area contributed by atoms with E-state index in [-0.39, 0.29) is 28.3 Å². The number of nitrogens with one attached hydrogen (secondary N) is 2. The molecule has 224 valence electrons. The van der Waals surface area contributed by atoms with E-state index < -0.39 is 33.1 Å². The Bertz CT molecular complexity index is 2000. The number of aromatic nitrogens is 6. The van der Waals surface area contributed by atoms with Crippen molar-refractivity contribution in [3.05, 3.63) is 82.9 Å². The summed E-state index contributed by atoms with van der Waals surface area (Å²) in [5, 5.41) is 7.84. The monoisotopic (exact) mass is 615 g/mol. The molecule has 0 bridgehead atoms. The van der Waals surface area contributed by atoms with Gasteiger partial charge in [0.05, 0.1) is 24.4 Å². The number of pyridine rings is 1. The van der Waals surface area contributed by atoms with Gasteiger partial charge in [0.1, 0.15) is 29.2 Å². The number of alkyl halides is 3. The zero-order valence-corrected chi connectivity index (χ0v) is 23.6. The highest BCUT2D eigenvalue weighted by atomic mass is 32.2. The van der Waals surface area contributed by atoms with Gasteiger partial charge in [-0.2, -0.15) is 26.7 Å². The van der Waals surface area contributed by atoms with Crippen molar-refractivity contribution in [3.63, 3.8) is 0 Å². The average molecular weight is 616 g/mol. The number of hydrogen-bond acceptors (Lipinski definition) is 10. The lowest BCUT2D eigenvalue weighted by Gasteiger charge is -2.21. The number of aryl methyl sites for hydroxylation is 1. The van der Waals surface area contributed by atoms with Gasteiger partial charge in [0.25, 0.3) is 5.56 Å². The fourth-order valence-corrected chi connectivity index (χ4v) is 4.98. The van der Waals surface area contributed by atoms with Crippen LogP contribution in [0.5, 0.6) is 5.88 Å². The van der Waals surface area contributed by atoms with Crippen molar-refractivity contribution in [3.8, 4) is 22.7 Å². The topological polar surface area (TPSA) is 171 Å². The van der Waals surface area contributed by atoms with Crippen LogP contribution in [0.3, 0.4) is 0 Å². The number of nitrogens with two attached hydrogens (primary N) is 1. The molecule has 4 N–H and O–H groups in total. The fraction of sp³-hybridized carbons (Fsp3) is 0.192. The highest BCUT2D eigenvalue weighted by Gasteiger charge is 2.46. The van der Waals surface area contributed by atoms with Crippen LogP contribution in [-0.2, 0) is 10.0 Å². The molecule has 0 amide bonds. The highest BCUT2D eigenvalue weighted by molar-refractivity contribution is 7.93. The molecule has 13 nitrogen and oxygen atoms in total. The molecule has 0 saturated heterocycles. The molecule has 0 fully saturated rings. The number of hydrogen-bond donors (Lipinski definition) is 3. The molecular weight excluding hydrogens is 591 g/mol. The average Bonchev–Trinajstić information content (AvgIpc) is 3.33. The lowest BCUT2D eigenvalue weighted by Crippen LogP contribution is -2.30. The summed E-state index contributed by atoms with van der Waals surface area (Å²) >= 11 is 0. The molecule has 0 aliphatic rings. The Morgan fingerprint density at radius 1 is 1.09 bits per heavy atom. The third kappa shape index (κ3) is 5.41. The van der Waals surface area contributed by atoms with Crippen molar-refractivity contribution in [1.82, 2.24) is 29.1 Å². The van der Waals surface area contributed by atoms with E-state index in [4.69, 9.17) is 10.5 Å². The van der Waals surface area contributed by atoms with Crippen molar-refractivity contribution in [2.45, 2.75) is 25.4 Å². The van der Waals surface area contributed by atoms with Crippen LogP contribution >= 0.6 is 0 Å². The summed E-state index contributed by atoms with van der Waals surface area (Å²) in [5.74, 6) is -0.101. The number of halogens is 3. The van der Waals surface area contributed by atoms with Crippen molar-refractivity contribution >= 4 is 32.9 Å². The smallest absolute Gasteiger partial charge is 0.480 e. The molecule has 5 aromatic rings. The zero-order chi connectivity index (χ0) is 31.1. The minimum atomic E-state index is -5.80. The van der Waals surface area contributed by atoms with Gasteiger partial charge >= 0.3 is 15.5 Å². The summed E-state index contributed by atoms with van der Waals surface area (Å²) in [4.78, 5) is 25.9. The molecule has 0 aliphatic carbocycles. The first-order valence-corrected chi connectivity index (χ1v) is 14.0. The van der Waals surface area contributed by atoms with E-state index in [1.807, 2.05) is 6.07 Å². The summed E-state index contributed by atoms with van der Waals surface area (Å²) in [6, 6.07) is 11.0. The van der Waals surface area contributed by atoms with Gasteiger partial charge in [-0.1, -0.05) is 18.2 Å².